The number of carbonyl (C=O) groups is 2. The molecule has 0 fully saturated rings. The van der Waals surface area contributed by atoms with Gasteiger partial charge in [-0.3, -0.25) is 14.5 Å². The van der Waals surface area contributed by atoms with Crippen LogP contribution in [0.3, 0.4) is 0 Å². The Hall–Kier alpha value is -2.08. The lowest BCUT2D eigenvalue weighted by Gasteiger charge is -2.33. The molecule has 0 radical (unpaired) electrons. The predicted octanol–water partition coefficient (Wildman–Crippen LogP) is 4.86. The summed E-state index contributed by atoms with van der Waals surface area (Å²) in [5.74, 6) is -0.304. The van der Waals surface area contributed by atoms with Crippen LogP contribution in [0.15, 0.2) is 48.5 Å². The van der Waals surface area contributed by atoms with Crippen LogP contribution < -0.4 is 5.32 Å². The van der Waals surface area contributed by atoms with Crippen molar-refractivity contribution < 1.29 is 9.59 Å². The molecule has 0 saturated heterocycles. The Kier molecular flexibility index (Phi) is 8.96. The zero-order chi connectivity index (χ0) is 21.4. The van der Waals surface area contributed by atoms with Gasteiger partial charge >= 0.3 is 0 Å². The summed E-state index contributed by atoms with van der Waals surface area (Å²) in [6, 6.07) is 14.0. The van der Waals surface area contributed by atoms with E-state index < -0.39 is 6.04 Å². The minimum Gasteiger partial charge on any atom is -0.342 e. The van der Waals surface area contributed by atoms with Crippen molar-refractivity contribution in [3.05, 3.63) is 64.1 Å². The first-order valence-electron chi connectivity index (χ1n) is 9.74. The number of rotatable bonds is 9. The molecule has 0 saturated carbocycles. The molecule has 1 unspecified atom stereocenters. The molecule has 156 valence electrons. The molecule has 0 bridgehead atoms. The van der Waals surface area contributed by atoms with Crippen molar-refractivity contribution in [1.29, 1.82) is 0 Å². The number of anilines is 1. The Bertz CT molecular complexity index is 806. The van der Waals surface area contributed by atoms with E-state index in [1.54, 1.807) is 23.1 Å². The third-order valence-electron chi connectivity index (χ3n) is 4.77. The number of likely N-dealkylation sites (N-methyl/N-ethyl adjacent to an activating group) is 2. The molecule has 0 heterocycles. The molecule has 0 aliphatic carbocycles. The number of halogens is 2. The van der Waals surface area contributed by atoms with E-state index in [0.29, 0.717) is 35.4 Å². The van der Waals surface area contributed by atoms with Crippen LogP contribution in [0, 0.1) is 0 Å². The SMILES string of the molecule is CCN(CC)C(=O)C(c1ccccc1)N(CC)CC(=O)Nc1c(Cl)cccc1Cl. The summed E-state index contributed by atoms with van der Waals surface area (Å²) >= 11 is 12.3. The second-order valence-corrected chi connectivity index (χ2v) is 7.35. The Morgan fingerprint density at radius 2 is 1.48 bits per heavy atom. The van der Waals surface area contributed by atoms with Gasteiger partial charge in [0.15, 0.2) is 0 Å². The fraction of sp³-hybridized carbons (Fsp3) is 0.364. The predicted molar refractivity (Wildman–Crippen MR) is 119 cm³/mol. The van der Waals surface area contributed by atoms with Gasteiger partial charge in [0.2, 0.25) is 11.8 Å². The van der Waals surface area contributed by atoms with Crippen molar-refractivity contribution in [3.8, 4) is 0 Å². The summed E-state index contributed by atoms with van der Waals surface area (Å²) in [4.78, 5) is 29.7. The van der Waals surface area contributed by atoms with Crippen molar-refractivity contribution in [1.82, 2.24) is 9.80 Å². The quantitative estimate of drug-likeness (QED) is 0.611. The zero-order valence-electron chi connectivity index (χ0n) is 17.0. The minimum absolute atomic E-state index is 0.0216. The van der Waals surface area contributed by atoms with Crippen LogP contribution in [0.2, 0.25) is 10.0 Å². The number of amides is 2. The molecule has 2 rings (SSSR count). The van der Waals surface area contributed by atoms with E-state index in [1.165, 1.54) is 0 Å². The van der Waals surface area contributed by atoms with Crippen LogP contribution >= 0.6 is 23.2 Å². The lowest BCUT2D eigenvalue weighted by Crippen LogP contribution is -2.45. The summed E-state index contributed by atoms with van der Waals surface area (Å²) in [6.45, 7) is 7.61. The van der Waals surface area contributed by atoms with E-state index in [0.717, 1.165) is 5.56 Å². The Morgan fingerprint density at radius 3 is 2.00 bits per heavy atom. The molecule has 0 aliphatic rings. The fourth-order valence-corrected chi connectivity index (χ4v) is 3.71. The van der Waals surface area contributed by atoms with Crippen molar-refractivity contribution >= 4 is 40.7 Å². The van der Waals surface area contributed by atoms with Gasteiger partial charge in [-0.05, 0) is 38.1 Å². The molecule has 0 spiro atoms. The van der Waals surface area contributed by atoms with Crippen LogP contribution in [-0.4, -0.2) is 47.8 Å². The molecule has 0 aliphatic heterocycles. The van der Waals surface area contributed by atoms with Gasteiger partial charge in [0, 0.05) is 13.1 Å². The number of hydrogen-bond acceptors (Lipinski definition) is 3. The molecule has 7 heteroatoms. The van der Waals surface area contributed by atoms with Gasteiger partial charge in [0.25, 0.3) is 0 Å². The maximum atomic E-state index is 13.3. The Balaban J connectivity index is 2.28. The highest BCUT2D eigenvalue weighted by Gasteiger charge is 2.31. The highest BCUT2D eigenvalue weighted by Crippen LogP contribution is 2.30. The van der Waals surface area contributed by atoms with Crippen LogP contribution in [0.4, 0.5) is 5.69 Å². The smallest absolute Gasteiger partial charge is 0.244 e. The van der Waals surface area contributed by atoms with Gasteiger partial charge < -0.3 is 10.2 Å². The molecule has 29 heavy (non-hydrogen) atoms. The van der Waals surface area contributed by atoms with E-state index in [2.05, 4.69) is 5.32 Å². The number of benzene rings is 2. The number of nitrogens with zero attached hydrogens (tertiary/aromatic N) is 2. The van der Waals surface area contributed by atoms with Gasteiger partial charge in [-0.25, -0.2) is 0 Å². The van der Waals surface area contributed by atoms with Crippen LogP contribution in [0.1, 0.15) is 32.4 Å². The van der Waals surface area contributed by atoms with Gasteiger partial charge in [0.05, 0.1) is 22.3 Å². The van der Waals surface area contributed by atoms with Crippen LogP contribution in [0.25, 0.3) is 0 Å². The summed E-state index contributed by atoms with van der Waals surface area (Å²) < 4.78 is 0. The molecule has 5 nitrogen and oxygen atoms in total. The van der Waals surface area contributed by atoms with E-state index in [-0.39, 0.29) is 18.4 Å². The van der Waals surface area contributed by atoms with E-state index >= 15 is 0 Å². The Labute approximate surface area is 182 Å². The first-order chi connectivity index (χ1) is 13.9. The molecule has 1 N–H and O–H groups in total. The number of para-hydroxylation sites is 1. The summed E-state index contributed by atoms with van der Waals surface area (Å²) in [7, 11) is 0. The molecule has 1 atom stereocenters. The molecule has 2 aromatic rings. The molecular formula is C22H27Cl2N3O2. The number of carbonyl (C=O) groups excluding carboxylic acids is 2. The second-order valence-electron chi connectivity index (χ2n) is 6.53. The van der Waals surface area contributed by atoms with Crippen LogP contribution in [-0.2, 0) is 9.59 Å². The summed E-state index contributed by atoms with van der Waals surface area (Å²) in [6.07, 6.45) is 0. The Morgan fingerprint density at radius 1 is 0.897 bits per heavy atom. The van der Waals surface area contributed by atoms with Crippen molar-refractivity contribution in [2.24, 2.45) is 0 Å². The topological polar surface area (TPSA) is 52.7 Å². The first-order valence-corrected chi connectivity index (χ1v) is 10.5. The number of hydrogen-bond donors (Lipinski definition) is 1. The maximum Gasteiger partial charge on any atom is 0.244 e. The molecule has 0 aromatic heterocycles. The average molecular weight is 436 g/mol. The highest BCUT2D eigenvalue weighted by atomic mass is 35.5. The number of nitrogens with one attached hydrogen (secondary N) is 1. The third-order valence-corrected chi connectivity index (χ3v) is 5.40. The van der Waals surface area contributed by atoms with Crippen molar-refractivity contribution in [2.45, 2.75) is 26.8 Å². The molecule has 2 amide bonds. The van der Waals surface area contributed by atoms with Crippen molar-refractivity contribution in [3.63, 3.8) is 0 Å². The van der Waals surface area contributed by atoms with E-state index in [9.17, 15) is 9.59 Å². The second kappa shape index (κ2) is 11.2. The van der Waals surface area contributed by atoms with Gasteiger partial charge in [-0.15, -0.1) is 0 Å². The standard InChI is InChI=1S/C22H27Cl2N3O2/c1-4-26(5-2)22(29)21(16-11-8-7-9-12-16)27(6-3)15-19(28)25-20-17(23)13-10-14-18(20)24/h7-14,21H,4-6,15H2,1-3H3,(H,25,28). The normalized spacial score (nSPS) is 11.9. The summed E-state index contributed by atoms with van der Waals surface area (Å²) in [5.41, 5.74) is 1.23. The van der Waals surface area contributed by atoms with E-state index in [1.807, 2.05) is 56.0 Å². The fourth-order valence-electron chi connectivity index (χ4n) is 3.22. The third kappa shape index (κ3) is 5.95. The summed E-state index contributed by atoms with van der Waals surface area (Å²) in [5, 5.41) is 3.51. The van der Waals surface area contributed by atoms with Gasteiger partial charge in [0.1, 0.15) is 6.04 Å². The first kappa shape index (κ1) is 23.2. The minimum atomic E-state index is -0.548. The van der Waals surface area contributed by atoms with Gasteiger partial charge in [-0.1, -0.05) is 66.5 Å². The lowest BCUT2D eigenvalue weighted by molar-refractivity contribution is -0.137. The highest BCUT2D eigenvalue weighted by molar-refractivity contribution is 6.39. The average Bonchev–Trinajstić information content (AvgIpc) is 2.72. The molecule has 2 aromatic carbocycles. The lowest BCUT2D eigenvalue weighted by atomic mass is 10.0. The maximum absolute atomic E-state index is 13.3. The van der Waals surface area contributed by atoms with Crippen molar-refractivity contribution in [2.75, 3.05) is 31.5 Å². The largest absolute Gasteiger partial charge is 0.342 e. The monoisotopic (exact) mass is 435 g/mol. The van der Waals surface area contributed by atoms with Crippen LogP contribution in [0.5, 0.6) is 0 Å². The molecular weight excluding hydrogens is 409 g/mol. The van der Waals surface area contributed by atoms with Gasteiger partial charge in [-0.2, -0.15) is 0 Å². The van der Waals surface area contributed by atoms with E-state index in [4.69, 9.17) is 23.2 Å². The zero-order valence-corrected chi connectivity index (χ0v) is 18.5.